The Morgan fingerprint density at radius 1 is 1.22 bits per heavy atom. The van der Waals surface area contributed by atoms with Gasteiger partial charge in [0.05, 0.1) is 4.88 Å². The minimum atomic E-state index is 0.463. The standard InChI is InChI=1S/C17H19N5S/c1-11-17(12-6-8-22(11)9-7-12)19-16-5-3-14(20-21-16)15-4-2-13(10-18)23-15/h2-5,11-12,17H,6-9H2,1H3,(H,19,21). The smallest absolute Gasteiger partial charge is 0.148 e. The van der Waals surface area contributed by atoms with E-state index in [-0.39, 0.29) is 0 Å². The van der Waals surface area contributed by atoms with E-state index in [1.807, 2.05) is 24.3 Å². The molecule has 5 nitrogen and oxygen atoms in total. The van der Waals surface area contributed by atoms with Gasteiger partial charge in [0.25, 0.3) is 0 Å². The van der Waals surface area contributed by atoms with Crippen LogP contribution in [0.25, 0.3) is 10.6 Å². The Hall–Kier alpha value is -1.97. The van der Waals surface area contributed by atoms with Crippen molar-refractivity contribution in [3.8, 4) is 16.6 Å². The number of hydrogen-bond donors (Lipinski definition) is 1. The van der Waals surface area contributed by atoms with Crippen LogP contribution < -0.4 is 5.32 Å². The molecule has 5 rings (SSSR count). The summed E-state index contributed by atoms with van der Waals surface area (Å²) in [4.78, 5) is 4.25. The van der Waals surface area contributed by atoms with Gasteiger partial charge >= 0.3 is 0 Å². The van der Waals surface area contributed by atoms with Crippen molar-refractivity contribution < 1.29 is 0 Å². The molecule has 3 aliphatic rings. The largest absolute Gasteiger partial charge is 0.364 e. The maximum Gasteiger partial charge on any atom is 0.148 e. The summed E-state index contributed by atoms with van der Waals surface area (Å²) in [5, 5.41) is 21.2. The van der Waals surface area contributed by atoms with E-state index in [2.05, 4.69) is 33.4 Å². The fourth-order valence-electron chi connectivity index (χ4n) is 3.79. The highest BCUT2D eigenvalue weighted by Crippen LogP contribution is 2.34. The van der Waals surface area contributed by atoms with Crippen molar-refractivity contribution in [2.24, 2.45) is 5.92 Å². The van der Waals surface area contributed by atoms with E-state index in [1.165, 1.54) is 37.3 Å². The van der Waals surface area contributed by atoms with Crippen LogP contribution >= 0.6 is 11.3 Å². The molecule has 0 spiro atoms. The number of fused-ring (bicyclic) bond motifs is 3. The van der Waals surface area contributed by atoms with Crippen molar-refractivity contribution in [1.29, 1.82) is 5.26 Å². The Morgan fingerprint density at radius 2 is 2.04 bits per heavy atom. The normalized spacial score (nSPS) is 29.2. The van der Waals surface area contributed by atoms with Gasteiger partial charge in [-0.25, -0.2) is 0 Å². The highest BCUT2D eigenvalue weighted by Gasteiger charge is 2.39. The fraction of sp³-hybridized carbons (Fsp3) is 0.471. The Labute approximate surface area is 140 Å². The molecule has 5 heterocycles. The number of nitriles is 1. The van der Waals surface area contributed by atoms with Crippen molar-refractivity contribution in [3.05, 3.63) is 29.1 Å². The average Bonchev–Trinajstić information content (AvgIpc) is 3.08. The van der Waals surface area contributed by atoms with Crippen LogP contribution in [0.5, 0.6) is 0 Å². The fourth-order valence-corrected chi connectivity index (χ4v) is 4.56. The molecule has 2 atom stereocenters. The lowest BCUT2D eigenvalue weighted by Crippen LogP contribution is -2.59. The number of anilines is 1. The number of piperidine rings is 3. The van der Waals surface area contributed by atoms with Gasteiger partial charge in [0, 0.05) is 12.1 Å². The molecular weight excluding hydrogens is 306 g/mol. The summed E-state index contributed by atoms with van der Waals surface area (Å²) in [6.45, 7) is 4.77. The van der Waals surface area contributed by atoms with E-state index in [4.69, 9.17) is 5.26 Å². The summed E-state index contributed by atoms with van der Waals surface area (Å²) in [5.41, 5.74) is 0.823. The van der Waals surface area contributed by atoms with Crippen LogP contribution in [0.2, 0.25) is 0 Å². The van der Waals surface area contributed by atoms with E-state index < -0.39 is 0 Å². The molecule has 2 aromatic heterocycles. The lowest BCUT2D eigenvalue weighted by Gasteiger charge is -2.50. The van der Waals surface area contributed by atoms with Gasteiger partial charge in [-0.3, -0.25) is 4.90 Å². The van der Waals surface area contributed by atoms with Crippen LogP contribution in [0, 0.1) is 17.2 Å². The second kappa shape index (κ2) is 5.91. The zero-order valence-corrected chi connectivity index (χ0v) is 13.9. The van der Waals surface area contributed by atoms with Crippen LogP contribution in [-0.2, 0) is 0 Å². The number of nitrogens with zero attached hydrogens (tertiary/aromatic N) is 4. The van der Waals surface area contributed by atoms with Crippen molar-refractivity contribution in [3.63, 3.8) is 0 Å². The topological polar surface area (TPSA) is 64.8 Å². The molecule has 0 radical (unpaired) electrons. The molecule has 1 N–H and O–H groups in total. The highest BCUT2D eigenvalue weighted by atomic mass is 32.1. The number of rotatable bonds is 3. The Balaban J connectivity index is 1.49. The van der Waals surface area contributed by atoms with Gasteiger partial charge in [0.2, 0.25) is 0 Å². The lowest BCUT2D eigenvalue weighted by molar-refractivity contribution is 0.0457. The molecule has 0 aromatic carbocycles. The van der Waals surface area contributed by atoms with Crippen LogP contribution in [0.1, 0.15) is 24.6 Å². The Bertz CT molecular complexity index is 722. The maximum atomic E-state index is 8.91. The van der Waals surface area contributed by atoms with Gasteiger partial charge in [-0.15, -0.1) is 21.5 Å². The van der Waals surface area contributed by atoms with E-state index in [0.717, 1.165) is 22.3 Å². The predicted octanol–water partition coefficient (Wildman–Crippen LogP) is 2.97. The summed E-state index contributed by atoms with van der Waals surface area (Å²) in [7, 11) is 0. The molecule has 2 bridgehead atoms. The molecule has 0 aliphatic carbocycles. The maximum absolute atomic E-state index is 8.91. The third-order valence-electron chi connectivity index (χ3n) is 5.13. The van der Waals surface area contributed by atoms with E-state index in [0.29, 0.717) is 17.0 Å². The summed E-state index contributed by atoms with van der Waals surface area (Å²) < 4.78 is 0. The van der Waals surface area contributed by atoms with Crippen LogP contribution in [0.15, 0.2) is 24.3 Å². The van der Waals surface area contributed by atoms with E-state index in [9.17, 15) is 0 Å². The number of aromatic nitrogens is 2. The van der Waals surface area contributed by atoms with Crippen molar-refractivity contribution >= 4 is 17.2 Å². The second-order valence-electron chi connectivity index (χ2n) is 6.36. The Kier molecular flexibility index (Phi) is 3.76. The summed E-state index contributed by atoms with van der Waals surface area (Å²) >= 11 is 1.45. The number of nitrogens with one attached hydrogen (secondary N) is 1. The van der Waals surface area contributed by atoms with Crippen LogP contribution in [-0.4, -0.2) is 40.3 Å². The molecule has 3 fully saturated rings. The molecular formula is C17H19N5S. The van der Waals surface area contributed by atoms with E-state index in [1.54, 1.807) is 0 Å². The van der Waals surface area contributed by atoms with Gasteiger partial charge in [-0.2, -0.15) is 5.26 Å². The van der Waals surface area contributed by atoms with Gasteiger partial charge in [-0.05, 0) is 63.0 Å². The quantitative estimate of drug-likeness (QED) is 0.940. The summed E-state index contributed by atoms with van der Waals surface area (Å²) in [6.07, 6.45) is 2.55. The first-order valence-corrected chi connectivity index (χ1v) is 8.91. The minimum Gasteiger partial charge on any atom is -0.364 e. The van der Waals surface area contributed by atoms with Crippen molar-refractivity contribution in [2.75, 3.05) is 18.4 Å². The Morgan fingerprint density at radius 3 is 2.65 bits per heavy atom. The zero-order valence-electron chi connectivity index (χ0n) is 13.1. The minimum absolute atomic E-state index is 0.463. The molecule has 2 aromatic rings. The lowest BCUT2D eigenvalue weighted by atomic mass is 9.79. The molecule has 0 amide bonds. The summed E-state index contributed by atoms with van der Waals surface area (Å²) in [5.74, 6) is 1.59. The van der Waals surface area contributed by atoms with E-state index >= 15 is 0 Å². The molecule has 3 aliphatic heterocycles. The molecule has 3 saturated heterocycles. The molecule has 118 valence electrons. The van der Waals surface area contributed by atoms with Crippen LogP contribution in [0.4, 0.5) is 5.82 Å². The monoisotopic (exact) mass is 325 g/mol. The average molecular weight is 325 g/mol. The first kappa shape index (κ1) is 14.6. The van der Waals surface area contributed by atoms with Crippen molar-refractivity contribution in [2.45, 2.75) is 31.8 Å². The third-order valence-corrected chi connectivity index (χ3v) is 6.14. The van der Waals surface area contributed by atoms with Gasteiger partial charge in [-0.1, -0.05) is 0 Å². The highest BCUT2D eigenvalue weighted by molar-refractivity contribution is 7.15. The molecule has 2 unspecified atom stereocenters. The van der Waals surface area contributed by atoms with Gasteiger partial charge in [0.1, 0.15) is 22.5 Å². The zero-order chi connectivity index (χ0) is 15.8. The predicted molar refractivity (Wildman–Crippen MR) is 91.2 cm³/mol. The molecule has 6 heteroatoms. The molecule has 0 saturated carbocycles. The SMILES string of the molecule is CC1C(Nc2ccc(-c3ccc(C#N)s3)nn2)C2CCN1CC2. The van der Waals surface area contributed by atoms with Crippen molar-refractivity contribution in [1.82, 2.24) is 15.1 Å². The second-order valence-corrected chi connectivity index (χ2v) is 7.45. The number of hydrogen-bond acceptors (Lipinski definition) is 6. The third kappa shape index (κ3) is 2.71. The first-order chi connectivity index (χ1) is 11.2. The van der Waals surface area contributed by atoms with Gasteiger partial charge < -0.3 is 5.32 Å². The van der Waals surface area contributed by atoms with Gasteiger partial charge in [0.15, 0.2) is 0 Å². The van der Waals surface area contributed by atoms with Crippen LogP contribution in [0.3, 0.4) is 0 Å². The first-order valence-electron chi connectivity index (χ1n) is 8.09. The molecule has 23 heavy (non-hydrogen) atoms. The number of thiophene rings is 1. The summed E-state index contributed by atoms with van der Waals surface area (Å²) in [6, 6.07) is 10.9.